The molecule has 3 aromatic carbocycles. The Bertz CT molecular complexity index is 1310. The Kier molecular flexibility index (Phi) is 9.90. The van der Waals surface area contributed by atoms with Gasteiger partial charge in [-0.25, -0.2) is 4.79 Å². The molecule has 0 spiro atoms. The highest BCUT2D eigenvalue weighted by atomic mass is 35.5. The molecule has 38 heavy (non-hydrogen) atoms. The molecule has 0 fully saturated rings. The molecule has 8 nitrogen and oxygen atoms in total. The van der Waals surface area contributed by atoms with Crippen LogP contribution in [0.1, 0.15) is 57.8 Å². The van der Waals surface area contributed by atoms with E-state index in [1.807, 2.05) is 0 Å². The van der Waals surface area contributed by atoms with Gasteiger partial charge < -0.3 is 14.8 Å². The van der Waals surface area contributed by atoms with Crippen LogP contribution in [0.3, 0.4) is 0 Å². The average Bonchev–Trinajstić information content (AvgIpc) is 2.92. The van der Waals surface area contributed by atoms with E-state index in [1.54, 1.807) is 42.5 Å². The van der Waals surface area contributed by atoms with Gasteiger partial charge in [-0.15, -0.1) is 0 Å². The van der Waals surface area contributed by atoms with Crippen LogP contribution in [0, 0.1) is 0 Å². The Labute approximate surface area is 224 Å². The van der Waals surface area contributed by atoms with Gasteiger partial charge in [-0.2, -0.15) is 0 Å². The largest absolute Gasteiger partial charge is 0.454 e. The first kappa shape index (κ1) is 28.3. The maximum Gasteiger partial charge on any atom is 0.338 e. The predicted octanol–water partition coefficient (Wildman–Crippen LogP) is 5.30. The molecule has 0 bridgehead atoms. The number of hydrogen-bond donors (Lipinski definition) is 1. The van der Waals surface area contributed by atoms with Crippen molar-refractivity contribution in [2.45, 2.75) is 38.9 Å². The van der Waals surface area contributed by atoms with Crippen LogP contribution in [-0.4, -0.2) is 41.6 Å². The Balaban J connectivity index is 1.43. The second kappa shape index (κ2) is 13.3. The van der Waals surface area contributed by atoms with Crippen LogP contribution in [-0.2, 0) is 19.1 Å². The summed E-state index contributed by atoms with van der Waals surface area (Å²) in [6.07, 6.45) is -2.36. The second-order valence-corrected chi connectivity index (χ2v) is 8.84. The molecule has 0 saturated heterocycles. The van der Waals surface area contributed by atoms with E-state index in [0.29, 0.717) is 21.8 Å². The first-order valence-corrected chi connectivity index (χ1v) is 12.2. The van der Waals surface area contributed by atoms with E-state index in [4.69, 9.17) is 21.1 Å². The number of carbonyl (C=O) groups excluding carboxylic acids is 5. The molecular formula is C29H26ClNO7. The third-order valence-corrected chi connectivity index (χ3v) is 5.73. The van der Waals surface area contributed by atoms with Gasteiger partial charge in [-0.3, -0.25) is 19.2 Å². The molecule has 0 aliphatic rings. The fourth-order valence-electron chi connectivity index (χ4n) is 3.41. The van der Waals surface area contributed by atoms with E-state index in [1.165, 1.54) is 50.2 Å². The average molecular weight is 536 g/mol. The Morgan fingerprint density at radius 2 is 1.21 bits per heavy atom. The molecule has 0 aliphatic heterocycles. The first-order valence-electron chi connectivity index (χ1n) is 11.8. The number of ketones is 2. The molecule has 9 heteroatoms. The second-order valence-electron chi connectivity index (χ2n) is 8.41. The topological polar surface area (TPSA) is 116 Å². The summed E-state index contributed by atoms with van der Waals surface area (Å²) >= 11 is 5.81. The van der Waals surface area contributed by atoms with Crippen LogP contribution in [0.4, 0.5) is 5.69 Å². The SMILES string of the molecule is C[C@H](OC(=O)CCC(=O)Nc1ccc(C(=O)O[C@@H](C)C(=O)c2ccccc2)cc1)C(=O)c1ccc(Cl)cc1. The highest BCUT2D eigenvalue weighted by Gasteiger charge is 2.21. The van der Waals surface area contributed by atoms with Gasteiger partial charge >= 0.3 is 11.9 Å². The third kappa shape index (κ3) is 8.11. The number of Topliss-reactive ketones (excluding diaryl/α,β-unsaturated/α-hetero) is 2. The quantitative estimate of drug-likeness (QED) is 0.261. The summed E-state index contributed by atoms with van der Waals surface area (Å²) in [5, 5.41) is 3.10. The number of nitrogens with one attached hydrogen (secondary N) is 1. The van der Waals surface area contributed by atoms with Gasteiger partial charge in [-0.05, 0) is 62.4 Å². The highest BCUT2D eigenvalue weighted by Crippen LogP contribution is 2.15. The van der Waals surface area contributed by atoms with Crippen molar-refractivity contribution in [1.29, 1.82) is 0 Å². The standard InChI is InChI=1S/C29H26ClNO7/c1-18(27(34)21-8-12-23(30)13-9-21)37-26(33)17-16-25(32)31-24-14-10-22(11-15-24)29(36)38-19(2)28(35)20-6-4-3-5-7-20/h3-15,18-19H,16-17H2,1-2H3,(H,31,32)/t18-,19-/m0/s1. The van der Waals surface area contributed by atoms with Crippen molar-refractivity contribution in [1.82, 2.24) is 0 Å². The molecule has 3 aromatic rings. The van der Waals surface area contributed by atoms with Crippen molar-refractivity contribution < 1.29 is 33.4 Å². The maximum absolute atomic E-state index is 12.4. The molecule has 0 aliphatic carbocycles. The molecule has 2 atom stereocenters. The van der Waals surface area contributed by atoms with Crippen molar-refractivity contribution in [3.05, 3.63) is 101 Å². The minimum Gasteiger partial charge on any atom is -0.454 e. The number of halogens is 1. The molecule has 0 aromatic heterocycles. The predicted molar refractivity (Wildman–Crippen MR) is 141 cm³/mol. The summed E-state index contributed by atoms with van der Waals surface area (Å²) in [5.74, 6) is -2.50. The van der Waals surface area contributed by atoms with E-state index in [0.717, 1.165) is 0 Å². The number of rotatable bonds is 11. The molecule has 1 amide bonds. The maximum atomic E-state index is 12.4. The lowest BCUT2D eigenvalue weighted by atomic mass is 10.1. The summed E-state index contributed by atoms with van der Waals surface area (Å²) in [6, 6.07) is 20.6. The molecule has 3 rings (SSSR count). The van der Waals surface area contributed by atoms with Crippen molar-refractivity contribution in [2.75, 3.05) is 5.32 Å². The van der Waals surface area contributed by atoms with E-state index < -0.39 is 30.1 Å². The summed E-state index contributed by atoms with van der Waals surface area (Å²) in [4.78, 5) is 61.5. The van der Waals surface area contributed by atoms with Gasteiger partial charge in [0.25, 0.3) is 0 Å². The molecule has 0 unspecified atom stereocenters. The number of carbonyl (C=O) groups is 5. The van der Waals surface area contributed by atoms with Crippen LogP contribution in [0.25, 0.3) is 0 Å². The third-order valence-electron chi connectivity index (χ3n) is 5.48. The number of amides is 1. The summed E-state index contributed by atoms with van der Waals surface area (Å²) in [6.45, 7) is 2.96. The van der Waals surface area contributed by atoms with E-state index in [-0.39, 0.29) is 30.0 Å². The van der Waals surface area contributed by atoms with E-state index in [9.17, 15) is 24.0 Å². The van der Waals surface area contributed by atoms with Gasteiger partial charge in [0, 0.05) is 28.3 Å². The molecule has 0 radical (unpaired) electrons. The van der Waals surface area contributed by atoms with Crippen LogP contribution in [0.5, 0.6) is 0 Å². The number of hydrogen-bond acceptors (Lipinski definition) is 7. The molecule has 1 N–H and O–H groups in total. The zero-order valence-electron chi connectivity index (χ0n) is 20.8. The Hall–Kier alpha value is -4.30. The summed E-state index contributed by atoms with van der Waals surface area (Å²) in [7, 11) is 0. The zero-order valence-corrected chi connectivity index (χ0v) is 21.6. The molecule has 0 heterocycles. The monoisotopic (exact) mass is 535 g/mol. The van der Waals surface area contributed by atoms with Crippen LogP contribution in [0.15, 0.2) is 78.9 Å². The van der Waals surface area contributed by atoms with Gasteiger partial charge in [-0.1, -0.05) is 41.9 Å². The summed E-state index contributed by atoms with van der Waals surface area (Å²) in [5.41, 5.74) is 1.41. The Morgan fingerprint density at radius 1 is 0.684 bits per heavy atom. The van der Waals surface area contributed by atoms with Gasteiger partial charge in [0.05, 0.1) is 12.0 Å². The van der Waals surface area contributed by atoms with Crippen molar-refractivity contribution >= 4 is 46.7 Å². The van der Waals surface area contributed by atoms with Gasteiger partial charge in [0.2, 0.25) is 17.5 Å². The van der Waals surface area contributed by atoms with E-state index in [2.05, 4.69) is 5.32 Å². The number of anilines is 1. The highest BCUT2D eigenvalue weighted by molar-refractivity contribution is 6.30. The van der Waals surface area contributed by atoms with Gasteiger partial charge in [0.15, 0.2) is 12.2 Å². The Morgan fingerprint density at radius 3 is 1.82 bits per heavy atom. The lowest BCUT2D eigenvalue weighted by Crippen LogP contribution is -2.25. The lowest BCUT2D eigenvalue weighted by molar-refractivity contribution is -0.147. The van der Waals surface area contributed by atoms with Crippen LogP contribution >= 0.6 is 11.6 Å². The zero-order chi connectivity index (χ0) is 27.7. The van der Waals surface area contributed by atoms with Crippen molar-refractivity contribution in [3.8, 4) is 0 Å². The van der Waals surface area contributed by atoms with Crippen molar-refractivity contribution in [2.24, 2.45) is 0 Å². The van der Waals surface area contributed by atoms with Crippen molar-refractivity contribution in [3.63, 3.8) is 0 Å². The minimum atomic E-state index is -1.01. The molecule has 0 saturated carbocycles. The lowest BCUT2D eigenvalue weighted by Gasteiger charge is -2.13. The van der Waals surface area contributed by atoms with Crippen LogP contribution in [0.2, 0.25) is 5.02 Å². The minimum absolute atomic E-state index is 0.163. The number of esters is 2. The first-order chi connectivity index (χ1) is 18.1. The number of benzene rings is 3. The van der Waals surface area contributed by atoms with Crippen LogP contribution < -0.4 is 5.32 Å². The normalized spacial score (nSPS) is 12.1. The molecule has 196 valence electrons. The number of ether oxygens (including phenoxy) is 2. The smallest absolute Gasteiger partial charge is 0.338 e. The van der Waals surface area contributed by atoms with E-state index >= 15 is 0 Å². The summed E-state index contributed by atoms with van der Waals surface area (Å²) < 4.78 is 10.4. The molecular weight excluding hydrogens is 510 g/mol. The fraction of sp³-hybridized carbons (Fsp3) is 0.207. The fourth-order valence-corrected chi connectivity index (χ4v) is 3.53. The van der Waals surface area contributed by atoms with Gasteiger partial charge in [0.1, 0.15) is 0 Å².